The van der Waals surface area contributed by atoms with Crippen LogP contribution in [0.5, 0.6) is 5.75 Å². The second-order valence-electron chi connectivity index (χ2n) is 11.6. The fourth-order valence-corrected chi connectivity index (χ4v) is 4.87. The number of oxazole rings is 1. The number of nitrogens with zero attached hydrogens (tertiary/aromatic N) is 3. The summed E-state index contributed by atoms with van der Waals surface area (Å²) >= 11 is 0. The summed E-state index contributed by atoms with van der Waals surface area (Å²) in [4.78, 5) is 36.3. The van der Waals surface area contributed by atoms with Gasteiger partial charge >= 0.3 is 6.09 Å². The summed E-state index contributed by atoms with van der Waals surface area (Å²) in [6, 6.07) is 7.36. The molecule has 2 amide bonds. The molecule has 2 aromatic heterocycles. The number of pyridine rings is 1. The normalized spacial score (nSPS) is 16.3. The van der Waals surface area contributed by atoms with Crippen molar-refractivity contribution in [1.29, 1.82) is 0 Å². The van der Waals surface area contributed by atoms with Crippen molar-refractivity contribution in [3.05, 3.63) is 48.0 Å². The van der Waals surface area contributed by atoms with Gasteiger partial charge in [-0.3, -0.25) is 10.1 Å². The van der Waals surface area contributed by atoms with E-state index in [1.807, 2.05) is 6.07 Å². The zero-order valence-electron chi connectivity index (χ0n) is 23.1. The van der Waals surface area contributed by atoms with Gasteiger partial charge in [0.15, 0.2) is 5.69 Å². The lowest BCUT2D eigenvalue weighted by molar-refractivity contribution is 0.0635. The molecule has 1 aromatic carbocycles. The number of aromatic nitrogens is 2. The van der Waals surface area contributed by atoms with E-state index in [2.05, 4.69) is 45.4 Å². The zero-order valence-corrected chi connectivity index (χ0v) is 23.1. The van der Waals surface area contributed by atoms with Gasteiger partial charge < -0.3 is 24.1 Å². The van der Waals surface area contributed by atoms with E-state index in [9.17, 15) is 9.59 Å². The Bertz CT molecular complexity index is 1380. The molecule has 10 nitrogen and oxygen atoms in total. The molecule has 1 saturated heterocycles. The second-order valence-corrected chi connectivity index (χ2v) is 11.6. The van der Waals surface area contributed by atoms with E-state index in [0.29, 0.717) is 5.56 Å². The maximum absolute atomic E-state index is 13.3. The first kappa shape index (κ1) is 26.5. The SMILES string of the molecule is CC(C)(C)OC(=O)Nc1cc(-c2nc(C(=O)Nc3cc4c(cc3N3CCCCC3)OC(C)(C)C4)co2)ccn1. The monoisotopic (exact) mass is 533 g/mol. The maximum Gasteiger partial charge on any atom is 0.413 e. The van der Waals surface area contributed by atoms with Crippen LogP contribution in [0.3, 0.4) is 0 Å². The molecule has 0 saturated carbocycles. The minimum absolute atomic E-state index is 0.144. The van der Waals surface area contributed by atoms with Crippen molar-refractivity contribution in [2.45, 2.75) is 71.5 Å². The number of fused-ring (bicyclic) bond motifs is 1. The van der Waals surface area contributed by atoms with Gasteiger partial charge in [0, 0.05) is 42.9 Å². The van der Waals surface area contributed by atoms with Gasteiger partial charge in [0.2, 0.25) is 5.89 Å². The number of piperidine rings is 1. The molecular formula is C29H35N5O5. The van der Waals surface area contributed by atoms with Crippen molar-refractivity contribution in [3.63, 3.8) is 0 Å². The van der Waals surface area contributed by atoms with Crippen molar-refractivity contribution in [2.75, 3.05) is 28.6 Å². The van der Waals surface area contributed by atoms with Crippen LogP contribution in [0.15, 0.2) is 41.1 Å². The molecule has 0 radical (unpaired) electrons. The average molecular weight is 534 g/mol. The summed E-state index contributed by atoms with van der Waals surface area (Å²) in [5, 5.41) is 5.66. The summed E-state index contributed by atoms with van der Waals surface area (Å²) < 4.78 is 17.1. The highest BCUT2D eigenvalue weighted by Gasteiger charge is 2.32. The van der Waals surface area contributed by atoms with Crippen LogP contribution in [-0.4, -0.2) is 46.3 Å². The van der Waals surface area contributed by atoms with Crippen molar-refractivity contribution in [2.24, 2.45) is 0 Å². The first-order valence-electron chi connectivity index (χ1n) is 13.3. The lowest BCUT2D eigenvalue weighted by Gasteiger charge is -2.31. The lowest BCUT2D eigenvalue weighted by atomic mass is 10.00. The largest absolute Gasteiger partial charge is 0.487 e. The summed E-state index contributed by atoms with van der Waals surface area (Å²) in [7, 11) is 0. The zero-order chi connectivity index (χ0) is 27.8. The first-order valence-corrected chi connectivity index (χ1v) is 13.3. The Kier molecular flexibility index (Phi) is 6.96. The Morgan fingerprint density at radius 1 is 1.08 bits per heavy atom. The van der Waals surface area contributed by atoms with Crippen LogP contribution in [0.25, 0.3) is 11.5 Å². The number of amides is 2. The predicted molar refractivity (Wildman–Crippen MR) is 148 cm³/mol. The number of nitrogens with one attached hydrogen (secondary N) is 2. The topological polar surface area (TPSA) is 119 Å². The average Bonchev–Trinajstić information content (AvgIpc) is 3.46. The van der Waals surface area contributed by atoms with Crippen LogP contribution in [0.1, 0.15) is 69.9 Å². The van der Waals surface area contributed by atoms with Gasteiger partial charge in [0.25, 0.3) is 5.91 Å². The molecule has 0 unspecified atom stereocenters. The molecule has 206 valence electrons. The summed E-state index contributed by atoms with van der Waals surface area (Å²) in [6.45, 7) is 11.3. The number of anilines is 3. The van der Waals surface area contributed by atoms with Gasteiger partial charge in [-0.1, -0.05) is 0 Å². The lowest BCUT2D eigenvalue weighted by Crippen LogP contribution is -2.30. The van der Waals surface area contributed by atoms with E-state index < -0.39 is 11.7 Å². The molecule has 4 heterocycles. The highest BCUT2D eigenvalue weighted by molar-refractivity contribution is 6.05. The van der Waals surface area contributed by atoms with Crippen molar-refractivity contribution < 1.29 is 23.5 Å². The van der Waals surface area contributed by atoms with Gasteiger partial charge in [0.1, 0.15) is 29.0 Å². The van der Waals surface area contributed by atoms with E-state index >= 15 is 0 Å². The van der Waals surface area contributed by atoms with Gasteiger partial charge in [-0.15, -0.1) is 0 Å². The third kappa shape index (κ3) is 6.32. The van der Waals surface area contributed by atoms with E-state index in [-0.39, 0.29) is 28.9 Å². The van der Waals surface area contributed by atoms with E-state index in [0.717, 1.165) is 55.0 Å². The molecule has 2 aliphatic heterocycles. The van der Waals surface area contributed by atoms with Crippen LogP contribution in [-0.2, 0) is 11.2 Å². The van der Waals surface area contributed by atoms with Crippen LogP contribution < -0.4 is 20.3 Å². The first-order chi connectivity index (χ1) is 18.5. The highest BCUT2D eigenvalue weighted by Crippen LogP contribution is 2.42. The Labute approximate surface area is 228 Å². The number of ether oxygens (including phenoxy) is 2. The van der Waals surface area contributed by atoms with Crippen molar-refractivity contribution >= 4 is 29.2 Å². The number of carbonyl (C=O) groups excluding carboxylic acids is 2. The molecule has 5 rings (SSSR count). The van der Waals surface area contributed by atoms with Crippen LogP contribution in [0, 0.1) is 0 Å². The molecule has 0 aliphatic carbocycles. The number of hydrogen-bond acceptors (Lipinski definition) is 8. The minimum Gasteiger partial charge on any atom is -0.487 e. The quantitative estimate of drug-likeness (QED) is 0.407. The van der Waals surface area contributed by atoms with E-state index in [1.165, 1.54) is 18.9 Å². The summed E-state index contributed by atoms with van der Waals surface area (Å²) in [5.41, 5.74) is 2.54. The predicted octanol–water partition coefficient (Wildman–Crippen LogP) is 6.04. The van der Waals surface area contributed by atoms with E-state index in [1.54, 1.807) is 32.9 Å². The van der Waals surface area contributed by atoms with Crippen LogP contribution in [0.4, 0.5) is 22.0 Å². The number of benzene rings is 1. The summed E-state index contributed by atoms with van der Waals surface area (Å²) in [6.07, 6.45) is 6.42. The van der Waals surface area contributed by atoms with Crippen LogP contribution >= 0.6 is 0 Å². The molecule has 0 spiro atoms. The molecule has 2 N–H and O–H groups in total. The molecule has 10 heteroatoms. The maximum atomic E-state index is 13.3. The second kappa shape index (κ2) is 10.2. The smallest absolute Gasteiger partial charge is 0.413 e. The van der Waals surface area contributed by atoms with Gasteiger partial charge in [0.05, 0.1) is 11.4 Å². The minimum atomic E-state index is -0.636. The number of carbonyl (C=O) groups is 2. The van der Waals surface area contributed by atoms with Crippen molar-refractivity contribution in [3.8, 4) is 17.2 Å². The molecule has 0 atom stereocenters. The Morgan fingerprint density at radius 3 is 2.59 bits per heavy atom. The third-order valence-corrected chi connectivity index (χ3v) is 6.50. The van der Waals surface area contributed by atoms with Crippen LogP contribution in [0.2, 0.25) is 0 Å². The highest BCUT2D eigenvalue weighted by atomic mass is 16.6. The molecular weight excluding hydrogens is 498 g/mol. The number of hydrogen-bond donors (Lipinski definition) is 2. The fraction of sp³-hybridized carbons (Fsp3) is 0.448. The van der Waals surface area contributed by atoms with Gasteiger partial charge in [-0.2, -0.15) is 0 Å². The molecule has 39 heavy (non-hydrogen) atoms. The molecule has 1 fully saturated rings. The Hall–Kier alpha value is -4.08. The standard InChI is InChI=1S/C29H35N5O5/c1-28(2,3)39-27(36)33-24-14-18(9-10-30-24)26-32-21(17-37-26)25(35)31-20-13-19-16-29(4,5)38-23(19)15-22(20)34-11-7-6-8-12-34/h9-10,13-15,17H,6-8,11-12,16H2,1-5H3,(H,31,35)(H,30,33,36). The van der Waals surface area contributed by atoms with Gasteiger partial charge in [-0.25, -0.2) is 14.8 Å². The molecule has 2 aliphatic rings. The summed E-state index contributed by atoms with van der Waals surface area (Å²) in [5.74, 6) is 1.01. The van der Waals surface area contributed by atoms with E-state index in [4.69, 9.17) is 13.9 Å². The molecule has 0 bridgehead atoms. The third-order valence-electron chi connectivity index (χ3n) is 6.50. The fourth-order valence-electron chi connectivity index (χ4n) is 4.87. The van der Waals surface area contributed by atoms with Gasteiger partial charge in [-0.05, 0) is 72.1 Å². The molecule has 3 aromatic rings. The van der Waals surface area contributed by atoms with Crippen molar-refractivity contribution in [1.82, 2.24) is 9.97 Å². The Morgan fingerprint density at radius 2 is 1.85 bits per heavy atom. The number of rotatable bonds is 5. The Balaban J connectivity index is 1.35.